The number of ether oxygens (including phenoxy) is 1. The highest BCUT2D eigenvalue weighted by atomic mass is 16.5. The second-order valence-corrected chi connectivity index (χ2v) is 6.22. The van der Waals surface area contributed by atoms with Gasteiger partial charge in [0.25, 0.3) is 5.91 Å². The topological polar surface area (TPSA) is 99.2 Å². The largest absolute Gasteiger partial charge is 0.461 e. The van der Waals surface area contributed by atoms with Gasteiger partial charge in [0.05, 0.1) is 12.2 Å². The van der Waals surface area contributed by atoms with Crippen molar-refractivity contribution in [2.75, 3.05) is 13.2 Å². The lowest BCUT2D eigenvalue weighted by Crippen LogP contribution is -2.43. The van der Waals surface area contributed by atoms with Crippen molar-refractivity contribution in [1.82, 2.24) is 29.8 Å². The second kappa shape index (κ2) is 6.58. The van der Waals surface area contributed by atoms with E-state index >= 15 is 0 Å². The van der Waals surface area contributed by atoms with Crippen molar-refractivity contribution in [3.8, 4) is 6.01 Å². The van der Waals surface area contributed by atoms with Crippen LogP contribution in [0.1, 0.15) is 33.7 Å². The van der Waals surface area contributed by atoms with E-state index in [1.54, 1.807) is 36.4 Å². The van der Waals surface area contributed by atoms with Crippen LogP contribution in [-0.2, 0) is 6.54 Å². The minimum atomic E-state index is -0.175. The number of fused-ring (bicyclic) bond motifs is 1. The number of hydrogen-bond donors (Lipinski definition) is 0. The molecule has 1 unspecified atom stereocenters. The molecule has 0 aliphatic carbocycles. The zero-order valence-corrected chi connectivity index (χ0v) is 14.5. The van der Waals surface area contributed by atoms with Gasteiger partial charge in [-0.15, -0.1) is 0 Å². The number of carbonyl (C=O) groups is 1. The number of aromatic nitrogens is 5. The summed E-state index contributed by atoms with van der Waals surface area (Å²) in [5.41, 5.74) is 2.07. The molecule has 0 bridgehead atoms. The molecule has 0 saturated heterocycles. The molecule has 3 aromatic heterocycles. The molecular formula is C17H18N6O3. The lowest BCUT2D eigenvalue weighted by molar-refractivity contribution is 0.0619. The Morgan fingerprint density at radius 1 is 1.35 bits per heavy atom. The molecule has 0 aromatic carbocycles. The zero-order valence-electron chi connectivity index (χ0n) is 14.5. The van der Waals surface area contributed by atoms with E-state index in [1.807, 2.05) is 17.7 Å². The Morgan fingerprint density at radius 3 is 3.00 bits per heavy atom. The molecule has 1 aliphatic heterocycles. The molecule has 0 radical (unpaired) electrons. The third-order valence-corrected chi connectivity index (χ3v) is 4.19. The summed E-state index contributed by atoms with van der Waals surface area (Å²) >= 11 is 0. The normalized spacial score (nSPS) is 16.4. The van der Waals surface area contributed by atoms with Crippen LogP contribution in [0.5, 0.6) is 6.01 Å². The SMILES string of the molecule is Cc1ccnc(OCC2CN(C(=O)c3cc(C)on3)Cc3ccnn32)n1. The van der Waals surface area contributed by atoms with Gasteiger partial charge in [-0.05, 0) is 26.0 Å². The van der Waals surface area contributed by atoms with E-state index in [0.29, 0.717) is 37.2 Å². The molecule has 1 atom stereocenters. The molecule has 0 spiro atoms. The molecule has 9 heteroatoms. The highest BCUT2D eigenvalue weighted by Crippen LogP contribution is 2.22. The second-order valence-electron chi connectivity index (χ2n) is 6.22. The molecule has 4 heterocycles. The maximum atomic E-state index is 12.7. The predicted octanol–water partition coefficient (Wildman–Crippen LogP) is 1.55. The van der Waals surface area contributed by atoms with Crippen LogP contribution >= 0.6 is 0 Å². The van der Waals surface area contributed by atoms with E-state index in [4.69, 9.17) is 9.26 Å². The zero-order chi connectivity index (χ0) is 18.1. The lowest BCUT2D eigenvalue weighted by atomic mass is 10.2. The van der Waals surface area contributed by atoms with E-state index in [-0.39, 0.29) is 11.9 Å². The number of aryl methyl sites for hydroxylation is 2. The number of hydrogen-bond acceptors (Lipinski definition) is 7. The number of rotatable bonds is 4. The Bertz CT molecular complexity index is 934. The van der Waals surface area contributed by atoms with E-state index in [0.717, 1.165) is 11.4 Å². The van der Waals surface area contributed by atoms with Crippen molar-refractivity contribution in [3.05, 3.63) is 53.4 Å². The quantitative estimate of drug-likeness (QED) is 0.701. The Balaban J connectivity index is 1.52. The van der Waals surface area contributed by atoms with Gasteiger partial charge in [0.2, 0.25) is 0 Å². The number of carbonyl (C=O) groups excluding carboxylic acids is 1. The van der Waals surface area contributed by atoms with Crippen molar-refractivity contribution in [1.29, 1.82) is 0 Å². The van der Waals surface area contributed by atoms with Crippen LogP contribution in [0.4, 0.5) is 0 Å². The average molecular weight is 354 g/mol. The van der Waals surface area contributed by atoms with Crippen LogP contribution in [0.25, 0.3) is 0 Å². The van der Waals surface area contributed by atoms with Crippen LogP contribution in [0.15, 0.2) is 35.1 Å². The van der Waals surface area contributed by atoms with Crippen LogP contribution in [0.3, 0.4) is 0 Å². The summed E-state index contributed by atoms with van der Waals surface area (Å²) in [5.74, 6) is 0.429. The van der Waals surface area contributed by atoms with Crippen molar-refractivity contribution < 1.29 is 14.1 Å². The van der Waals surface area contributed by atoms with Gasteiger partial charge in [-0.1, -0.05) is 5.16 Å². The molecule has 26 heavy (non-hydrogen) atoms. The smallest absolute Gasteiger partial charge is 0.316 e. The summed E-state index contributed by atoms with van der Waals surface area (Å²) in [7, 11) is 0. The monoisotopic (exact) mass is 354 g/mol. The van der Waals surface area contributed by atoms with Gasteiger partial charge >= 0.3 is 6.01 Å². The maximum absolute atomic E-state index is 12.7. The van der Waals surface area contributed by atoms with E-state index in [9.17, 15) is 4.79 Å². The maximum Gasteiger partial charge on any atom is 0.316 e. The third kappa shape index (κ3) is 3.15. The van der Waals surface area contributed by atoms with Crippen LogP contribution in [0, 0.1) is 13.8 Å². The predicted molar refractivity (Wildman–Crippen MR) is 89.5 cm³/mol. The van der Waals surface area contributed by atoms with Gasteiger partial charge in [0.15, 0.2) is 5.69 Å². The van der Waals surface area contributed by atoms with Crippen molar-refractivity contribution in [2.24, 2.45) is 0 Å². The van der Waals surface area contributed by atoms with Crippen molar-refractivity contribution in [2.45, 2.75) is 26.4 Å². The van der Waals surface area contributed by atoms with Gasteiger partial charge in [-0.2, -0.15) is 5.10 Å². The first-order valence-corrected chi connectivity index (χ1v) is 8.27. The molecule has 9 nitrogen and oxygen atoms in total. The lowest BCUT2D eigenvalue weighted by Gasteiger charge is -2.33. The first-order valence-electron chi connectivity index (χ1n) is 8.27. The van der Waals surface area contributed by atoms with Crippen LogP contribution in [-0.4, -0.2) is 48.9 Å². The number of nitrogens with zero attached hydrogens (tertiary/aromatic N) is 6. The standard InChI is InChI=1S/C17H18N6O3/c1-11-3-5-18-17(20-11)25-10-14-9-22(8-13-4-6-19-23(13)14)16(24)15-7-12(2)26-21-15/h3-7,14H,8-10H2,1-2H3. The van der Waals surface area contributed by atoms with Gasteiger partial charge in [-0.3, -0.25) is 9.48 Å². The summed E-state index contributed by atoms with van der Waals surface area (Å²) in [4.78, 5) is 22.8. The molecule has 4 rings (SSSR count). The number of amides is 1. The molecule has 0 N–H and O–H groups in total. The molecule has 0 fully saturated rings. The Hall–Kier alpha value is -3.23. The fraction of sp³-hybridized carbons (Fsp3) is 0.353. The van der Waals surface area contributed by atoms with E-state index in [2.05, 4.69) is 20.2 Å². The molecule has 3 aromatic rings. The Labute approximate surface area is 149 Å². The summed E-state index contributed by atoms with van der Waals surface area (Å²) < 4.78 is 12.6. The summed E-state index contributed by atoms with van der Waals surface area (Å²) in [6.45, 7) is 4.85. The minimum Gasteiger partial charge on any atom is -0.461 e. The fourth-order valence-corrected chi connectivity index (χ4v) is 2.96. The minimum absolute atomic E-state index is 0.144. The van der Waals surface area contributed by atoms with Crippen molar-refractivity contribution in [3.63, 3.8) is 0 Å². The van der Waals surface area contributed by atoms with Crippen molar-refractivity contribution >= 4 is 5.91 Å². The summed E-state index contributed by atoms with van der Waals surface area (Å²) in [6, 6.07) is 5.51. The first kappa shape index (κ1) is 16.2. The summed E-state index contributed by atoms with van der Waals surface area (Å²) in [5, 5.41) is 8.19. The van der Waals surface area contributed by atoms with Gasteiger partial charge < -0.3 is 14.2 Å². The highest BCUT2D eigenvalue weighted by molar-refractivity contribution is 5.92. The average Bonchev–Trinajstić information content (AvgIpc) is 3.27. The molecular weight excluding hydrogens is 336 g/mol. The van der Waals surface area contributed by atoms with Gasteiger partial charge in [0, 0.05) is 30.7 Å². The molecule has 134 valence electrons. The highest BCUT2D eigenvalue weighted by Gasteiger charge is 2.31. The first-order chi connectivity index (χ1) is 12.6. The van der Waals surface area contributed by atoms with Crippen LogP contribution < -0.4 is 4.74 Å². The fourth-order valence-electron chi connectivity index (χ4n) is 2.96. The Kier molecular flexibility index (Phi) is 4.11. The summed E-state index contributed by atoms with van der Waals surface area (Å²) in [6.07, 6.45) is 3.38. The molecule has 1 aliphatic rings. The van der Waals surface area contributed by atoms with Gasteiger partial charge in [-0.25, -0.2) is 9.97 Å². The van der Waals surface area contributed by atoms with Crippen LogP contribution in [0.2, 0.25) is 0 Å². The van der Waals surface area contributed by atoms with E-state index < -0.39 is 0 Å². The Morgan fingerprint density at radius 2 is 2.23 bits per heavy atom. The molecule has 0 saturated carbocycles. The molecule has 1 amide bonds. The third-order valence-electron chi connectivity index (χ3n) is 4.19. The van der Waals surface area contributed by atoms with Gasteiger partial charge in [0.1, 0.15) is 18.4 Å². The van der Waals surface area contributed by atoms with E-state index in [1.165, 1.54) is 0 Å².